The smallest absolute Gasteiger partial charge is 0.00676 e. The molecule has 14 heavy (non-hydrogen) atoms. The molecule has 0 spiro atoms. The van der Waals surface area contributed by atoms with E-state index in [1.54, 1.807) is 0 Å². The Bertz CT molecular complexity index is 147. The van der Waals surface area contributed by atoms with Crippen molar-refractivity contribution in [2.45, 2.75) is 52.0 Å². The van der Waals surface area contributed by atoms with Crippen molar-refractivity contribution in [1.29, 1.82) is 0 Å². The second-order valence-corrected chi connectivity index (χ2v) is 4.58. The van der Waals surface area contributed by atoms with Gasteiger partial charge in [0.2, 0.25) is 0 Å². The normalized spacial score (nSPS) is 27.4. The molecule has 1 rings (SSSR count). The van der Waals surface area contributed by atoms with Gasteiger partial charge in [0.25, 0.3) is 0 Å². The lowest BCUT2D eigenvalue weighted by Gasteiger charge is -2.23. The summed E-state index contributed by atoms with van der Waals surface area (Å²) < 4.78 is 0. The average Bonchev–Trinajstić information content (AvgIpc) is 2.59. The van der Waals surface area contributed by atoms with E-state index in [-0.39, 0.29) is 0 Å². The summed E-state index contributed by atoms with van der Waals surface area (Å²) in [5.41, 5.74) is 6.06. The van der Waals surface area contributed by atoms with Crippen molar-refractivity contribution < 1.29 is 0 Å². The van der Waals surface area contributed by atoms with E-state index in [1.807, 2.05) is 0 Å². The summed E-state index contributed by atoms with van der Waals surface area (Å²) in [7, 11) is 0. The number of hydrogen-bond acceptors (Lipinski definition) is 2. The minimum absolute atomic E-state index is 0.496. The quantitative estimate of drug-likeness (QED) is 0.709. The molecule has 2 nitrogen and oxygen atoms in total. The monoisotopic (exact) mass is 198 g/mol. The van der Waals surface area contributed by atoms with Crippen molar-refractivity contribution in [2.75, 3.05) is 19.6 Å². The summed E-state index contributed by atoms with van der Waals surface area (Å²) in [5.74, 6) is 0.806. The molecule has 2 atom stereocenters. The standard InChI is InChI=1S/C12H26N2/c1-3-9-14(4-2)10-8-11-6-5-7-12(11)13/h11-12H,3-10,13H2,1-2H3. The van der Waals surface area contributed by atoms with Gasteiger partial charge < -0.3 is 10.6 Å². The highest BCUT2D eigenvalue weighted by Gasteiger charge is 2.23. The number of nitrogens with two attached hydrogens (primary N) is 1. The molecule has 84 valence electrons. The van der Waals surface area contributed by atoms with E-state index in [1.165, 1.54) is 51.7 Å². The molecule has 2 unspecified atom stereocenters. The Morgan fingerprint density at radius 2 is 2.00 bits per heavy atom. The van der Waals surface area contributed by atoms with Gasteiger partial charge in [0, 0.05) is 6.04 Å². The zero-order valence-corrected chi connectivity index (χ0v) is 9.84. The van der Waals surface area contributed by atoms with Crippen molar-refractivity contribution in [2.24, 2.45) is 11.7 Å². The summed E-state index contributed by atoms with van der Waals surface area (Å²) >= 11 is 0. The molecule has 0 aromatic rings. The van der Waals surface area contributed by atoms with E-state index < -0.39 is 0 Å². The van der Waals surface area contributed by atoms with E-state index in [9.17, 15) is 0 Å². The zero-order valence-electron chi connectivity index (χ0n) is 9.84. The van der Waals surface area contributed by atoms with Gasteiger partial charge in [-0.1, -0.05) is 20.3 Å². The van der Waals surface area contributed by atoms with Gasteiger partial charge in [0.15, 0.2) is 0 Å². The summed E-state index contributed by atoms with van der Waals surface area (Å²) in [6, 6.07) is 0.496. The van der Waals surface area contributed by atoms with Gasteiger partial charge in [-0.2, -0.15) is 0 Å². The van der Waals surface area contributed by atoms with E-state index in [0.717, 1.165) is 5.92 Å². The predicted octanol–water partition coefficient (Wildman–Crippen LogP) is 2.24. The summed E-state index contributed by atoms with van der Waals surface area (Å²) in [5, 5.41) is 0. The lowest BCUT2D eigenvalue weighted by atomic mass is 10.00. The lowest BCUT2D eigenvalue weighted by molar-refractivity contribution is 0.258. The topological polar surface area (TPSA) is 29.3 Å². The summed E-state index contributed by atoms with van der Waals surface area (Å²) in [4.78, 5) is 2.55. The molecule has 0 heterocycles. The van der Waals surface area contributed by atoms with Crippen molar-refractivity contribution in [1.82, 2.24) is 4.90 Å². The van der Waals surface area contributed by atoms with Crippen molar-refractivity contribution in [3.05, 3.63) is 0 Å². The van der Waals surface area contributed by atoms with Crippen LogP contribution in [0.2, 0.25) is 0 Å². The van der Waals surface area contributed by atoms with E-state index in [4.69, 9.17) is 5.73 Å². The fourth-order valence-corrected chi connectivity index (χ4v) is 2.52. The van der Waals surface area contributed by atoms with Crippen LogP contribution in [0.3, 0.4) is 0 Å². The number of nitrogens with zero attached hydrogens (tertiary/aromatic N) is 1. The van der Waals surface area contributed by atoms with Gasteiger partial charge in [-0.15, -0.1) is 0 Å². The molecule has 1 fully saturated rings. The Morgan fingerprint density at radius 1 is 1.21 bits per heavy atom. The van der Waals surface area contributed by atoms with Crippen LogP contribution in [0.15, 0.2) is 0 Å². The molecule has 0 radical (unpaired) electrons. The largest absolute Gasteiger partial charge is 0.327 e. The molecule has 0 aromatic heterocycles. The van der Waals surface area contributed by atoms with Gasteiger partial charge in [-0.25, -0.2) is 0 Å². The maximum Gasteiger partial charge on any atom is 0.00676 e. The van der Waals surface area contributed by atoms with Gasteiger partial charge in [0.05, 0.1) is 0 Å². The summed E-state index contributed by atoms with van der Waals surface area (Å²) in [6.45, 7) is 8.20. The van der Waals surface area contributed by atoms with Crippen molar-refractivity contribution in [3.63, 3.8) is 0 Å². The maximum absolute atomic E-state index is 6.06. The van der Waals surface area contributed by atoms with Crippen LogP contribution < -0.4 is 5.73 Å². The van der Waals surface area contributed by atoms with Gasteiger partial charge in [-0.05, 0) is 51.2 Å². The zero-order chi connectivity index (χ0) is 10.4. The predicted molar refractivity (Wildman–Crippen MR) is 62.3 cm³/mol. The Morgan fingerprint density at radius 3 is 2.50 bits per heavy atom. The van der Waals surface area contributed by atoms with Gasteiger partial charge in [-0.3, -0.25) is 0 Å². The van der Waals surface area contributed by atoms with Crippen LogP contribution >= 0.6 is 0 Å². The molecule has 1 aliphatic carbocycles. The maximum atomic E-state index is 6.06. The Hall–Kier alpha value is -0.0800. The highest BCUT2D eigenvalue weighted by Crippen LogP contribution is 2.26. The number of hydrogen-bond donors (Lipinski definition) is 1. The van der Waals surface area contributed by atoms with Crippen LogP contribution in [0, 0.1) is 5.92 Å². The molecule has 0 aliphatic heterocycles. The number of rotatable bonds is 6. The van der Waals surface area contributed by atoms with Gasteiger partial charge in [0.1, 0.15) is 0 Å². The van der Waals surface area contributed by atoms with Crippen molar-refractivity contribution in [3.8, 4) is 0 Å². The molecule has 1 aliphatic rings. The minimum atomic E-state index is 0.496. The minimum Gasteiger partial charge on any atom is -0.327 e. The Balaban J connectivity index is 2.17. The first-order valence-electron chi connectivity index (χ1n) is 6.25. The van der Waals surface area contributed by atoms with Crippen LogP contribution in [0.25, 0.3) is 0 Å². The second kappa shape index (κ2) is 6.41. The van der Waals surface area contributed by atoms with Crippen LogP contribution in [0.1, 0.15) is 46.0 Å². The average molecular weight is 198 g/mol. The third kappa shape index (κ3) is 3.58. The van der Waals surface area contributed by atoms with E-state index >= 15 is 0 Å². The first kappa shape index (κ1) is 12.0. The van der Waals surface area contributed by atoms with Crippen LogP contribution in [0.4, 0.5) is 0 Å². The fraction of sp³-hybridized carbons (Fsp3) is 1.00. The molecule has 0 amide bonds. The molecular weight excluding hydrogens is 172 g/mol. The third-order valence-corrected chi connectivity index (χ3v) is 3.52. The SMILES string of the molecule is CCCN(CC)CCC1CCCC1N. The molecule has 2 heteroatoms. The fourth-order valence-electron chi connectivity index (χ4n) is 2.52. The first-order valence-corrected chi connectivity index (χ1v) is 6.25. The first-order chi connectivity index (χ1) is 6.77. The van der Waals surface area contributed by atoms with E-state index in [0.29, 0.717) is 6.04 Å². The molecule has 0 bridgehead atoms. The van der Waals surface area contributed by atoms with Crippen LogP contribution in [-0.2, 0) is 0 Å². The van der Waals surface area contributed by atoms with Crippen LogP contribution in [0.5, 0.6) is 0 Å². The highest BCUT2D eigenvalue weighted by molar-refractivity contribution is 4.80. The highest BCUT2D eigenvalue weighted by atomic mass is 15.1. The Labute approximate surface area is 88.8 Å². The van der Waals surface area contributed by atoms with Crippen LogP contribution in [-0.4, -0.2) is 30.6 Å². The van der Waals surface area contributed by atoms with Crippen molar-refractivity contribution >= 4 is 0 Å². The lowest BCUT2D eigenvalue weighted by Crippen LogP contribution is -2.31. The molecule has 0 aromatic carbocycles. The third-order valence-electron chi connectivity index (χ3n) is 3.52. The Kier molecular flexibility index (Phi) is 5.49. The van der Waals surface area contributed by atoms with Gasteiger partial charge >= 0.3 is 0 Å². The summed E-state index contributed by atoms with van der Waals surface area (Å²) in [6.07, 6.45) is 6.56. The molecular formula is C12H26N2. The molecule has 1 saturated carbocycles. The second-order valence-electron chi connectivity index (χ2n) is 4.58. The molecule has 2 N–H and O–H groups in total. The molecule has 0 saturated heterocycles. The van der Waals surface area contributed by atoms with E-state index in [2.05, 4.69) is 18.7 Å².